The highest BCUT2D eigenvalue weighted by Crippen LogP contribution is 2.37. The van der Waals surface area contributed by atoms with Gasteiger partial charge in [-0.25, -0.2) is 0 Å². The number of benzene rings is 1. The van der Waals surface area contributed by atoms with Gasteiger partial charge in [0, 0.05) is 12.8 Å². The van der Waals surface area contributed by atoms with Crippen LogP contribution in [-0.2, 0) is 10.3 Å². The minimum absolute atomic E-state index is 0.207. The zero-order chi connectivity index (χ0) is 12.3. The van der Waals surface area contributed by atoms with Gasteiger partial charge < -0.3 is 9.84 Å². The van der Waals surface area contributed by atoms with Crippen LogP contribution in [-0.4, -0.2) is 17.8 Å². The van der Waals surface area contributed by atoms with Gasteiger partial charge in [0.1, 0.15) is 0 Å². The van der Waals surface area contributed by atoms with Gasteiger partial charge in [-0.15, -0.1) is 0 Å². The Morgan fingerprint density at radius 1 is 1.41 bits per heavy atom. The quantitative estimate of drug-likeness (QED) is 0.870. The van der Waals surface area contributed by atoms with Crippen molar-refractivity contribution >= 4 is 0 Å². The van der Waals surface area contributed by atoms with Crippen LogP contribution in [0.5, 0.6) is 0 Å². The summed E-state index contributed by atoms with van der Waals surface area (Å²) in [6.45, 7) is 4.89. The van der Waals surface area contributed by atoms with Crippen molar-refractivity contribution in [3.8, 4) is 0 Å². The van der Waals surface area contributed by atoms with Crippen LogP contribution in [0.4, 0.5) is 0 Å². The smallest absolute Gasteiger partial charge is 0.0945 e. The van der Waals surface area contributed by atoms with Gasteiger partial charge in [-0.2, -0.15) is 0 Å². The van der Waals surface area contributed by atoms with Crippen LogP contribution in [0.25, 0.3) is 0 Å². The summed E-state index contributed by atoms with van der Waals surface area (Å²) in [7, 11) is 0. The summed E-state index contributed by atoms with van der Waals surface area (Å²) in [6, 6.07) is 8.14. The van der Waals surface area contributed by atoms with Gasteiger partial charge in [0.05, 0.1) is 18.3 Å². The molecule has 0 spiro atoms. The number of hydrogen-bond donors (Lipinski definition) is 1. The third kappa shape index (κ3) is 2.70. The molecule has 2 heteroatoms. The van der Waals surface area contributed by atoms with Gasteiger partial charge in [-0.3, -0.25) is 0 Å². The zero-order valence-electron chi connectivity index (χ0n) is 10.8. The van der Waals surface area contributed by atoms with Crippen molar-refractivity contribution in [2.75, 3.05) is 6.61 Å². The fourth-order valence-corrected chi connectivity index (χ4v) is 2.78. The first kappa shape index (κ1) is 12.6. The van der Waals surface area contributed by atoms with E-state index >= 15 is 0 Å². The molecule has 2 nitrogen and oxygen atoms in total. The number of aryl methyl sites for hydroxylation is 1. The lowest BCUT2D eigenvalue weighted by atomic mass is 9.81. The van der Waals surface area contributed by atoms with Gasteiger partial charge in [0.15, 0.2) is 0 Å². The second-order valence-corrected chi connectivity index (χ2v) is 5.08. The van der Waals surface area contributed by atoms with Gasteiger partial charge in [-0.05, 0) is 24.5 Å². The minimum Gasteiger partial charge on any atom is -0.385 e. The molecule has 1 aliphatic rings. The van der Waals surface area contributed by atoms with Crippen LogP contribution in [0.1, 0.15) is 43.7 Å². The summed E-state index contributed by atoms with van der Waals surface area (Å²) < 4.78 is 5.72. The normalized spacial score (nSPS) is 29.2. The largest absolute Gasteiger partial charge is 0.385 e. The van der Waals surface area contributed by atoms with Gasteiger partial charge in [-0.1, -0.05) is 37.6 Å². The van der Waals surface area contributed by atoms with E-state index < -0.39 is 5.60 Å². The van der Waals surface area contributed by atoms with E-state index in [0.717, 1.165) is 24.8 Å². The highest BCUT2D eigenvalue weighted by molar-refractivity contribution is 5.31. The van der Waals surface area contributed by atoms with Crippen molar-refractivity contribution < 1.29 is 9.84 Å². The lowest BCUT2D eigenvalue weighted by Gasteiger charge is -2.38. The van der Waals surface area contributed by atoms with Crippen molar-refractivity contribution in [3.63, 3.8) is 0 Å². The molecule has 0 aromatic heterocycles. The van der Waals surface area contributed by atoms with Crippen LogP contribution in [0.2, 0.25) is 0 Å². The van der Waals surface area contributed by atoms with E-state index in [1.165, 1.54) is 5.56 Å². The first-order valence-corrected chi connectivity index (χ1v) is 6.56. The van der Waals surface area contributed by atoms with Crippen LogP contribution >= 0.6 is 0 Å². The Balaban J connectivity index is 2.20. The molecule has 0 aliphatic carbocycles. The third-order valence-electron chi connectivity index (χ3n) is 3.69. The maximum absolute atomic E-state index is 10.8. The monoisotopic (exact) mass is 234 g/mol. The standard InChI is InChI=1S/C15H22O2/c1-3-6-13-11-15(16,9-10-17-13)14-8-5-4-7-12(14)2/h4-5,7-8,13,16H,3,6,9-11H2,1-2H3. The molecule has 0 amide bonds. The van der Waals surface area contributed by atoms with E-state index in [1.54, 1.807) is 0 Å². The summed E-state index contributed by atoms with van der Waals surface area (Å²) in [5, 5.41) is 10.8. The molecule has 1 saturated heterocycles. The molecule has 0 radical (unpaired) electrons. The molecule has 1 fully saturated rings. The fourth-order valence-electron chi connectivity index (χ4n) is 2.78. The topological polar surface area (TPSA) is 29.5 Å². The van der Waals surface area contributed by atoms with Gasteiger partial charge >= 0.3 is 0 Å². The second-order valence-electron chi connectivity index (χ2n) is 5.08. The first-order valence-electron chi connectivity index (χ1n) is 6.56. The molecular formula is C15H22O2. The molecule has 1 heterocycles. The maximum Gasteiger partial charge on any atom is 0.0945 e. The highest BCUT2D eigenvalue weighted by Gasteiger charge is 2.36. The van der Waals surface area contributed by atoms with E-state index in [1.807, 2.05) is 18.2 Å². The number of aliphatic hydroxyl groups is 1. The molecule has 1 N–H and O–H groups in total. The van der Waals surface area contributed by atoms with E-state index in [0.29, 0.717) is 13.0 Å². The van der Waals surface area contributed by atoms with Crippen LogP contribution < -0.4 is 0 Å². The molecule has 17 heavy (non-hydrogen) atoms. The molecule has 1 aromatic rings. The Kier molecular flexibility index (Phi) is 3.85. The van der Waals surface area contributed by atoms with E-state index in [9.17, 15) is 5.11 Å². The number of hydrogen-bond acceptors (Lipinski definition) is 2. The Bertz CT molecular complexity index is 373. The maximum atomic E-state index is 10.8. The van der Waals surface area contributed by atoms with E-state index in [2.05, 4.69) is 19.9 Å². The highest BCUT2D eigenvalue weighted by atomic mass is 16.5. The van der Waals surface area contributed by atoms with Crippen molar-refractivity contribution in [2.24, 2.45) is 0 Å². The van der Waals surface area contributed by atoms with Gasteiger partial charge in [0.2, 0.25) is 0 Å². The Labute approximate surface area is 104 Å². The predicted octanol–water partition coefficient (Wildman–Crippen LogP) is 3.16. The average molecular weight is 234 g/mol. The number of rotatable bonds is 3. The SMILES string of the molecule is CCCC1CC(O)(c2ccccc2C)CCO1. The average Bonchev–Trinajstić information content (AvgIpc) is 2.30. The Hall–Kier alpha value is -0.860. The molecule has 1 aliphatic heterocycles. The lowest BCUT2D eigenvalue weighted by Crippen LogP contribution is -2.39. The fraction of sp³-hybridized carbons (Fsp3) is 0.600. The summed E-state index contributed by atoms with van der Waals surface area (Å²) in [6.07, 6.45) is 3.78. The van der Waals surface area contributed by atoms with Crippen molar-refractivity contribution in [1.82, 2.24) is 0 Å². The lowest BCUT2D eigenvalue weighted by molar-refractivity contribution is -0.110. The molecule has 0 saturated carbocycles. The summed E-state index contributed by atoms with van der Waals surface area (Å²) in [5.74, 6) is 0. The molecule has 2 atom stereocenters. The predicted molar refractivity (Wildman–Crippen MR) is 69.0 cm³/mol. The zero-order valence-corrected chi connectivity index (χ0v) is 10.8. The van der Waals surface area contributed by atoms with Crippen LogP contribution in [0.15, 0.2) is 24.3 Å². The van der Waals surface area contributed by atoms with Crippen molar-refractivity contribution in [3.05, 3.63) is 35.4 Å². The van der Waals surface area contributed by atoms with Crippen LogP contribution in [0.3, 0.4) is 0 Å². The third-order valence-corrected chi connectivity index (χ3v) is 3.69. The first-order chi connectivity index (χ1) is 8.15. The Morgan fingerprint density at radius 3 is 2.88 bits per heavy atom. The molecule has 94 valence electrons. The summed E-state index contributed by atoms with van der Waals surface area (Å²) in [4.78, 5) is 0. The number of ether oxygens (including phenoxy) is 1. The summed E-state index contributed by atoms with van der Waals surface area (Å²) in [5.41, 5.74) is 1.56. The van der Waals surface area contributed by atoms with Crippen molar-refractivity contribution in [1.29, 1.82) is 0 Å². The Morgan fingerprint density at radius 2 is 2.18 bits per heavy atom. The van der Waals surface area contributed by atoms with Gasteiger partial charge in [0.25, 0.3) is 0 Å². The molecule has 1 aromatic carbocycles. The molecular weight excluding hydrogens is 212 g/mol. The summed E-state index contributed by atoms with van der Waals surface area (Å²) >= 11 is 0. The van der Waals surface area contributed by atoms with E-state index in [4.69, 9.17) is 4.74 Å². The second kappa shape index (κ2) is 5.19. The molecule has 2 rings (SSSR count). The van der Waals surface area contributed by atoms with Crippen molar-refractivity contribution in [2.45, 2.75) is 51.2 Å². The minimum atomic E-state index is -0.691. The molecule has 2 unspecified atom stereocenters. The van der Waals surface area contributed by atoms with E-state index in [-0.39, 0.29) is 6.10 Å². The van der Waals surface area contributed by atoms with Crippen LogP contribution in [0, 0.1) is 6.92 Å². The molecule has 0 bridgehead atoms.